The van der Waals surface area contributed by atoms with Gasteiger partial charge in [-0.3, -0.25) is 4.79 Å². The normalized spacial score (nSPS) is 15.1. The number of hydrogen-bond acceptors (Lipinski definition) is 4. The van der Waals surface area contributed by atoms with Gasteiger partial charge in [0.2, 0.25) is 5.91 Å². The van der Waals surface area contributed by atoms with Gasteiger partial charge in [0.15, 0.2) is 0 Å². The summed E-state index contributed by atoms with van der Waals surface area (Å²) in [5.74, 6) is 0.614. The van der Waals surface area contributed by atoms with E-state index < -0.39 is 0 Å². The van der Waals surface area contributed by atoms with E-state index in [9.17, 15) is 4.79 Å². The van der Waals surface area contributed by atoms with Gasteiger partial charge in [0.1, 0.15) is 5.03 Å². The number of morpholine rings is 1. The summed E-state index contributed by atoms with van der Waals surface area (Å²) in [4.78, 5) is 19.0. The van der Waals surface area contributed by atoms with Crippen LogP contribution in [0.15, 0.2) is 29.3 Å². The van der Waals surface area contributed by atoms with Gasteiger partial charge in [0, 0.05) is 18.5 Å². The molecule has 1 aromatic heterocycles. The number of hydrogen-bond donors (Lipinski definition) is 0. The van der Waals surface area contributed by atoms with Crippen LogP contribution >= 0.6 is 11.8 Å². The van der Waals surface area contributed by atoms with Crippen molar-refractivity contribution in [3.63, 3.8) is 0 Å². The molecule has 1 aromatic carbocycles. The van der Waals surface area contributed by atoms with Crippen LogP contribution in [0, 0.1) is 6.92 Å². The number of pyridine rings is 1. The number of ether oxygens (including phenoxy) is 1. The summed E-state index contributed by atoms with van der Waals surface area (Å²) in [7, 11) is 0. The Morgan fingerprint density at radius 2 is 2.09 bits per heavy atom. The zero-order valence-electron chi connectivity index (χ0n) is 13.7. The van der Waals surface area contributed by atoms with Crippen LogP contribution in [0.3, 0.4) is 0 Å². The number of amides is 1. The molecule has 0 saturated carbocycles. The SMILES string of the molecule is CCc1cc2ccc(C)cc2nc1SCC(=O)N1CCOCC1. The number of rotatable bonds is 4. The summed E-state index contributed by atoms with van der Waals surface area (Å²) >= 11 is 1.55. The molecule has 0 unspecified atom stereocenters. The first-order valence-corrected chi connectivity index (χ1v) is 9.04. The van der Waals surface area contributed by atoms with E-state index in [4.69, 9.17) is 9.72 Å². The third-order valence-electron chi connectivity index (χ3n) is 4.09. The van der Waals surface area contributed by atoms with Crippen LogP contribution in [0.25, 0.3) is 10.9 Å². The molecule has 23 heavy (non-hydrogen) atoms. The number of thioether (sulfide) groups is 1. The lowest BCUT2D eigenvalue weighted by Gasteiger charge is -2.26. The summed E-state index contributed by atoms with van der Waals surface area (Å²) < 4.78 is 5.30. The fourth-order valence-electron chi connectivity index (χ4n) is 2.72. The fraction of sp³-hybridized carbons (Fsp3) is 0.444. The first kappa shape index (κ1) is 16.3. The summed E-state index contributed by atoms with van der Waals surface area (Å²) in [5, 5.41) is 2.14. The number of carbonyl (C=O) groups excluding carboxylic acids is 1. The number of carbonyl (C=O) groups is 1. The summed E-state index contributed by atoms with van der Waals surface area (Å²) in [5.41, 5.74) is 3.42. The van der Waals surface area contributed by atoms with Gasteiger partial charge < -0.3 is 9.64 Å². The number of nitrogens with zero attached hydrogens (tertiary/aromatic N) is 2. The van der Waals surface area contributed by atoms with E-state index in [1.807, 2.05) is 4.90 Å². The van der Waals surface area contributed by atoms with Crippen molar-refractivity contribution in [3.8, 4) is 0 Å². The van der Waals surface area contributed by atoms with Crippen LogP contribution in [0.4, 0.5) is 0 Å². The van der Waals surface area contributed by atoms with Crippen molar-refractivity contribution in [2.75, 3.05) is 32.1 Å². The van der Waals surface area contributed by atoms with E-state index in [0.29, 0.717) is 32.1 Å². The zero-order valence-corrected chi connectivity index (χ0v) is 14.5. The van der Waals surface area contributed by atoms with Crippen molar-refractivity contribution in [3.05, 3.63) is 35.4 Å². The third-order valence-corrected chi connectivity index (χ3v) is 5.11. The Bertz CT molecular complexity index is 711. The highest BCUT2D eigenvalue weighted by atomic mass is 32.2. The first-order chi connectivity index (χ1) is 11.2. The predicted octanol–water partition coefficient (Wildman–Crippen LogP) is 3.06. The molecule has 0 aliphatic carbocycles. The van der Waals surface area contributed by atoms with Crippen LogP contribution < -0.4 is 0 Å². The molecule has 4 nitrogen and oxygen atoms in total. The van der Waals surface area contributed by atoms with Crippen LogP contribution in [0.1, 0.15) is 18.1 Å². The van der Waals surface area contributed by atoms with Gasteiger partial charge in [-0.15, -0.1) is 0 Å². The van der Waals surface area contributed by atoms with Gasteiger partial charge >= 0.3 is 0 Å². The second-order valence-corrected chi connectivity index (χ2v) is 6.75. The van der Waals surface area contributed by atoms with Gasteiger partial charge in [-0.1, -0.05) is 30.8 Å². The quantitative estimate of drug-likeness (QED) is 0.808. The minimum atomic E-state index is 0.173. The molecule has 0 N–H and O–H groups in total. The molecule has 0 radical (unpaired) electrons. The maximum atomic E-state index is 12.3. The standard InChI is InChI=1S/C18H22N2O2S/c1-3-14-11-15-5-4-13(2)10-16(15)19-18(14)23-12-17(21)20-6-8-22-9-7-20/h4-5,10-11H,3,6-9,12H2,1-2H3. The van der Waals surface area contributed by atoms with E-state index in [-0.39, 0.29) is 5.91 Å². The highest BCUT2D eigenvalue weighted by Gasteiger charge is 2.17. The van der Waals surface area contributed by atoms with Crippen molar-refractivity contribution in [1.82, 2.24) is 9.88 Å². The number of benzene rings is 1. The Hall–Kier alpha value is -1.59. The molecular weight excluding hydrogens is 308 g/mol. The van der Waals surface area contributed by atoms with E-state index >= 15 is 0 Å². The minimum absolute atomic E-state index is 0.173. The number of aryl methyl sites for hydroxylation is 2. The fourth-order valence-corrected chi connectivity index (χ4v) is 3.71. The highest BCUT2D eigenvalue weighted by Crippen LogP contribution is 2.26. The smallest absolute Gasteiger partial charge is 0.233 e. The molecule has 0 bridgehead atoms. The van der Waals surface area contributed by atoms with Crippen molar-refractivity contribution in [1.29, 1.82) is 0 Å². The molecule has 2 aromatic rings. The molecule has 122 valence electrons. The Balaban J connectivity index is 1.76. The summed E-state index contributed by atoms with van der Waals surface area (Å²) in [6.45, 7) is 6.89. The lowest BCUT2D eigenvalue weighted by Crippen LogP contribution is -2.41. The second kappa shape index (κ2) is 7.32. The summed E-state index contributed by atoms with van der Waals surface area (Å²) in [6.07, 6.45) is 0.922. The predicted molar refractivity (Wildman–Crippen MR) is 94.0 cm³/mol. The van der Waals surface area contributed by atoms with Crippen LogP contribution in [-0.2, 0) is 16.0 Å². The molecule has 2 heterocycles. The Morgan fingerprint density at radius 1 is 1.30 bits per heavy atom. The van der Waals surface area contributed by atoms with Gasteiger partial charge in [0.25, 0.3) is 0 Å². The zero-order chi connectivity index (χ0) is 16.2. The highest BCUT2D eigenvalue weighted by molar-refractivity contribution is 7.99. The molecule has 5 heteroatoms. The van der Waals surface area contributed by atoms with Gasteiger partial charge in [-0.25, -0.2) is 4.98 Å². The number of fused-ring (bicyclic) bond motifs is 1. The largest absolute Gasteiger partial charge is 0.378 e. The van der Waals surface area contributed by atoms with E-state index in [1.54, 1.807) is 11.8 Å². The molecule has 1 aliphatic heterocycles. The van der Waals surface area contributed by atoms with Crippen LogP contribution in [0.2, 0.25) is 0 Å². The average molecular weight is 330 g/mol. The monoisotopic (exact) mass is 330 g/mol. The molecule has 3 rings (SSSR count). The van der Waals surface area contributed by atoms with Crippen molar-refractivity contribution >= 4 is 28.6 Å². The van der Waals surface area contributed by atoms with Crippen LogP contribution in [-0.4, -0.2) is 47.8 Å². The molecule has 1 saturated heterocycles. The van der Waals surface area contributed by atoms with E-state index in [2.05, 4.69) is 38.1 Å². The Labute approximate surface area is 141 Å². The lowest BCUT2D eigenvalue weighted by atomic mass is 10.1. The van der Waals surface area contributed by atoms with E-state index in [0.717, 1.165) is 22.3 Å². The Morgan fingerprint density at radius 3 is 2.83 bits per heavy atom. The van der Waals surface area contributed by atoms with Gasteiger partial charge in [-0.05, 0) is 36.6 Å². The molecule has 0 spiro atoms. The lowest BCUT2D eigenvalue weighted by molar-refractivity contribution is -0.132. The summed E-state index contributed by atoms with van der Waals surface area (Å²) in [6, 6.07) is 8.52. The molecule has 1 fully saturated rings. The minimum Gasteiger partial charge on any atom is -0.378 e. The number of aromatic nitrogens is 1. The van der Waals surface area contributed by atoms with E-state index in [1.165, 1.54) is 11.1 Å². The Kier molecular flexibility index (Phi) is 5.18. The maximum Gasteiger partial charge on any atom is 0.233 e. The van der Waals surface area contributed by atoms with Gasteiger partial charge in [0.05, 0.1) is 24.5 Å². The van der Waals surface area contributed by atoms with Crippen LogP contribution in [0.5, 0.6) is 0 Å². The third kappa shape index (κ3) is 3.85. The molecule has 1 aliphatic rings. The van der Waals surface area contributed by atoms with Crippen molar-refractivity contribution in [2.45, 2.75) is 25.3 Å². The molecular formula is C18H22N2O2S. The molecule has 0 atom stereocenters. The first-order valence-electron chi connectivity index (χ1n) is 8.06. The van der Waals surface area contributed by atoms with Crippen molar-refractivity contribution < 1.29 is 9.53 Å². The van der Waals surface area contributed by atoms with Crippen molar-refractivity contribution in [2.24, 2.45) is 0 Å². The molecule has 1 amide bonds. The van der Waals surface area contributed by atoms with Gasteiger partial charge in [-0.2, -0.15) is 0 Å². The second-order valence-electron chi connectivity index (χ2n) is 5.78. The maximum absolute atomic E-state index is 12.3. The average Bonchev–Trinajstić information content (AvgIpc) is 2.59. The topological polar surface area (TPSA) is 42.4 Å².